The van der Waals surface area contributed by atoms with Gasteiger partial charge in [0.2, 0.25) is 5.91 Å². The number of nitrogens with zero attached hydrogens (tertiary/aromatic N) is 2. The lowest BCUT2D eigenvalue weighted by Gasteiger charge is -2.36. The highest BCUT2D eigenvalue weighted by Crippen LogP contribution is 2.64. The Balaban J connectivity index is 1.82. The van der Waals surface area contributed by atoms with Crippen molar-refractivity contribution in [1.29, 1.82) is 0 Å². The van der Waals surface area contributed by atoms with Gasteiger partial charge < -0.3 is 4.90 Å². The second-order valence-electron chi connectivity index (χ2n) is 8.94. The van der Waals surface area contributed by atoms with Gasteiger partial charge in [-0.25, -0.2) is 8.42 Å². The molecule has 4 atom stereocenters. The Labute approximate surface area is 154 Å². The third-order valence-corrected chi connectivity index (χ3v) is 8.53. The summed E-state index contributed by atoms with van der Waals surface area (Å²) in [4.78, 5) is 15.1. The quantitative estimate of drug-likeness (QED) is 0.863. The van der Waals surface area contributed by atoms with E-state index in [2.05, 4.69) is 29.9 Å². The lowest BCUT2D eigenvalue weighted by atomic mass is 9.86. The third-order valence-electron chi connectivity index (χ3n) is 5.89. The number of hydrogen-bond donors (Lipinski definition) is 1. The molecule has 2 aliphatic rings. The van der Waals surface area contributed by atoms with Crippen molar-refractivity contribution in [2.24, 2.45) is 22.7 Å². The SMILES string of the molecule is C[C@@H]1[C@@H]2C(CN1C(=O)[C@@H](NS(=O)(=O)c1ccns1)C(C)(C)C)C2(C)C. The van der Waals surface area contributed by atoms with Crippen LogP contribution in [0.2, 0.25) is 0 Å². The van der Waals surface area contributed by atoms with E-state index in [4.69, 9.17) is 0 Å². The fourth-order valence-electron chi connectivity index (χ4n) is 4.28. The topological polar surface area (TPSA) is 79.4 Å². The van der Waals surface area contributed by atoms with Gasteiger partial charge in [0.05, 0.1) is 0 Å². The monoisotopic (exact) mass is 385 g/mol. The largest absolute Gasteiger partial charge is 0.338 e. The number of hydrogen-bond acceptors (Lipinski definition) is 5. The molecule has 3 rings (SSSR count). The fourth-order valence-corrected chi connectivity index (χ4v) is 6.41. The molecule has 1 N–H and O–H groups in total. The first kappa shape index (κ1) is 18.8. The molecule has 1 aliphatic carbocycles. The van der Waals surface area contributed by atoms with Crippen LogP contribution in [0.15, 0.2) is 16.5 Å². The number of nitrogens with one attached hydrogen (secondary N) is 1. The molecule has 1 aromatic rings. The van der Waals surface area contributed by atoms with Crippen LogP contribution in [0.25, 0.3) is 0 Å². The van der Waals surface area contributed by atoms with E-state index in [0.717, 1.165) is 11.5 Å². The maximum absolute atomic E-state index is 13.2. The average molecular weight is 386 g/mol. The van der Waals surface area contributed by atoms with E-state index in [1.807, 2.05) is 25.7 Å². The summed E-state index contributed by atoms with van der Waals surface area (Å²) >= 11 is 0.909. The van der Waals surface area contributed by atoms with Gasteiger partial charge in [0, 0.05) is 18.8 Å². The summed E-state index contributed by atoms with van der Waals surface area (Å²) in [5.41, 5.74) is -0.244. The molecule has 0 radical (unpaired) electrons. The number of aromatic nitrogens is 1. The predicted molar refractivity (Wildman–Crippen MR) is 97.6 cm³/mol. The number of likely N-dealkylation sites (tertiary alicyclic amines) is 1. The van der Waals surface area contributed by atoms with E-state index in [-0.39, 0.29) is 21.6 Å². The Morgan fingerprint density at radius 2 is 2.08 bits per heavy atom. The highest BCUT2D eigenvalue weighted by Gasteiger charge is 2.66. The zero-order valence-corrected chi connectivity index (χ0v) is 17.2. The standard InChI is InChI=1S/C17H27N3O3S2/c1-10-13-11(17(13,5)6)9-20(10)15(21)14(16(2,3)4)19-25(22,23)12-7-8-18-24-12/h7-8,10-11,13-14,19H,9H2,1-6H3/t10-,11?,13-,14-/m1/s1. The highest BCUT2D eigenvalue weighted by atomic mass is 32.2. The van der Waals surface area contributed by atoms with Crippen molar-refractivity contribution in [1.82, 2.24) is 14.0 Å². The summed E-state index contributed by atoms with van der Waals surface area (Å²) in [7, 11) is -3.76. The van der Waals surface area contributed by atoms with Gasteiger partial charge in [-0.3, -0.25) is 4.79 Å². The van der Waals surface area contributed by atoms with Crippen LogP contribution < -0.4 is 4.72 Å². The molecule has 1 aromatic heterocycles. The van der Waals surface area contributed by atoms with Crippen LogP contribution in [-0.4, -0.2) is 42.2 Å². The highest BCUT2D eigenvalue weighted by molar-refractivity contribution is 7.91. The van der Waals surface area contributed by atoms with Gasteiger partial charge in [-0.2, -0.15) is 9.10 Å². The molecule has 0 spiro atoms. The van der Waals surface area contributed by atoms with Crippen LogP contribution in [0, 0.1) is 22.7 Å². The number of carbonyl (C=O) groups excluding carboxylic acids is 1. The lowest BCUT2D eigenvalue weighted by molar-refractivity contribution is -0.137. The zero-order chi connectivity index (χ0) is 18.8. The van der Waals surface area contributed by atoms with Gasteiger partial charge in [0.25, 0.3) is 10.0 Å². The Hall–Kier alpha value is -0.990. The predicted octanol–water partition coefficient (Wildman–Crippen LogP) is 2.34. The van der Waals surface area contributed by atoms with Crippen LogP contribution in [0.1, 0.15) is 41.5 Å². The molecule has 6 nitrogen and oxygen atoms in total. The summed E-state index contributed by atoms with van der Waals surface area (Å²) < 4.78 is 31.9. The van der Waals surface area contributed by atoms with Crippen LogP contribution in [0.4, 0.5) is 0 Å². The molecule has 140 valence electrons. The molecule has 1 amide bonds. The molecule has 1 unspecified atom stereocenters. The number of rotatable bonds is 4. The van der Waals surface area contributed by atoms with Crippen molar-refractivity contribution in [3.8, 4) is 0 Å². The normalized spacial score (nSPS) is 29.4. The third kappa shape index (κ3) is 3.13. The Kier molecular flexibility index (Phi) is 4.33. The minimum atomic E-state index is -3.76. The summed E-state index contributed by atoms with van der Waals surface area (Å²) in [6, 6.07) is 0.792. The molecular weight excluding hydrogens is 358 g/mol. The van der Waals surface area contributed by atoms with Gasteiger partial charge in [-0.1, -0.05) is 34.6 Å². The molecule has 25 heavy (non-hydrogen) atoms. The van der Waals surface area contributed by atoms with E-state index >= 15 is 0 Å². The first-order valence-electron chi connectivity index (χ1n) is 8.61. The number of piperidine rings is 1. The molecular formula is C17H27N3O3S2. The zero-order valence-electron chi connectivity index (χ0n) is 15.6. The summed E-state index contributed by atoms with van der Waals surface area (Å²) in [5, 5.41) is 0. The van der Waals surface area contributed by atoms with Crippen molar-refractivity contribution >= 4 is 27.5 Å². The molecule has 2 fully saturated rings. The lowest BCUT2D eigenvalue weighted by Crippen LogP contribution is -2.56. The Bertz CT molecular complexity index is 766. The van der Waals surface area contributed by atoms with Gasteiger partial charge >= 0.3 is 0 Å². The average Bonchev–Trinajstić information content (AvgIpc) is 2.93. The second-order valence-corrected chi connectivity index (χ2v) is 11.7. The molecule has 0 aromatic carbocycles. The van der Waals surface area contributed by atoms with Crippen molar-refractivity contribution in [3.63, 3.8) is 0 Å². The van der Waals surface area contributed by atoms with Gasteiger partial charge in [-0.15, -0.1) is 0 Å². The van der Waals surface area contributed by atoms with Crippen LogP contribution in [0.3, 0.4) is 0 Å². The van der Waals surface area contributed by atoms with E-state index in [1.54, 1.807) is 0 Å². The number of amides is 1. The minimum absolute atomic E-state index is 0.129. The van der Waals surface area contributed by atoms with Crippen molar-refractivity contribution in [3.05, 3.63) is 12.3 Å². The van der Waals surface area contributed by atoms with Crippen molar-refractivity contribution in [2.75, 3.05) is 6.54 Å². The van der Waals surface area contributed by atoms with Crippen LogP contribution >= 0.6 is 11.5 Å². The Morgan fingerprint density at radius 3 is 2.52 bits per heavy atom. The maximum atomic E-state index is 13.2. The number of carbonyl (C=O) groups is 1. The fraction of sp³-hybridized carbons (Fsp3) is 0.765. The van der Waals surface area contributed by atoms with Crippen molar-refractivity contribution < 1.29 is 13.2 Å². The van der Waals surface area contributed by atoms with Gasteiger partial charge in [0.15, 0.2) is 4.21 Å². The molecule has 0 bridgehead atoms. The second kappa shape index (κ2) is 5.76. The molecule has 1 saturated heterocycles. The number of fused-ring (bicyclic) bond motifs is 1. The molecule has 1 saturated carbocycles. The van der Waals surface area contributed by atoms with E-state index in [0.29, 0.717) is 18.4 Å². The Morgan fingerprint density at radius 1 is 1.44 bits per heavy atom. The van der Waals surface area contributed by atoms with E-state index < -0.39 is 21.5 Å². The van der Waals surface area contributed by atoms with Gasteiger partial charge in [0.1, 0.15) is 6.04 Å². The van der Waals surface area contributed by atoms with Gasteiger partial charge in [-0.05, 0) is 47.2 Å². The first-order valence-corrected chi connectivity index (χ1v) is 10.9. The van der Waals surface area contributed by atoms with E-state index in [9.17, 15) is 13.2 Å². The molecule has 2 heterocycles. The number of sulfonamides is 1. The summed E-state index contributed by atoms with van der Waals surface area (Å²) in [6.07, 6.45) is 1.45. The van der Waals surface area contributed by atoms with Crippen LogP contribution in [-0.2, 0) is 14.8 Å². The minimum Gasteiger partial charge on any atom is -0.338 e. The first-order chi connectivity index (χ1) is 11.4. The molecule has 8 heteroatoms. The summed E-state index contributed by atoms with van der Waals surface area (Å²) in [5.74, 6) is 0.899. The summed E-state index contributed by atoms with van der Waals surface area (Å²) in [6.45, 7) is 12.9. The van der Waals surface area contributed by atoms with E-state index in [1.165, 1.54) is 12.3 Å². The maximum Gasteiger partial charge on any atom is 0.252 e. The van der Waals surface area contributed by atoms with Crippen LogP contribution in [0.5, 0.6) is 0 Å². The molecule has 1 aliphatic heterocycles. The smallest absolute Gasteiger partial charge is 0.252 e. The van der Waals surface area contributed by atoms with Crippen molar-refractivity contribution in [2.45, 2.75) is 57.8 Å².